The van der Waals surface area contributed by atoms with Crippen molar-refractivity contribution in [2.45, 2.75) is 38.3 Å². The fourth-order valence-electron chi connectivity index (χ4n) is 2.73. The molecule has 1 aromatic carbocycles. The maximum absolute atomic E-state index is 3.58. The highest BCUT2D eigenvalue weighted by molar-refractivity contribution is 7.99. The zero-order valence-corrected chi connectivity index (χ0v) is 13.1. The highest BCUT2D eigenvalue weighted by atomic mass is 32.2. The second-order valence-electron chi connectivity index (χ2n) is 6.04. The molecule has 0 unspecified atom stereocenters. The molecule has 3 heteroatoms. The lowest BCUT2D eigenvalue weighted by atomic mass is 10.1. The summed E-state index contributed by atoms with van der Waals surface area (Å²) in [6.07, 6.45) is 5.27. The molecule has 0 amide bonds. The number of thioether (sulfide) groups is 1. The first-order valence-electron chi connectivity index (χ1n) is 8.01. The largest absolute Gasteiger partial charge is 0.314 e. The molecular formula is C17H26N2S. The first-order chi connectivity index (χ1) is 9.90. The van der Waals surface area contributed by atoms with Crippen LogP contribution in [0.4, 0.5) is 0 Å². The summed E-state index contributed by atoms with van der Waals surface area (Å²) in [6, 6.07) is 10.1. The molecule has 3 rings (SSSR count). The van der Waals surface area contributed by atoms with Gasteiger partial charge in [-0.1, -0.05) is 24.3 Å². The summed E-state index contributed by atoms with van der Waals surface area (Å²) in [7, 11) is 0. The summed E-state index contributed by atoms with van der Waals surface area (Å²) in [5.74, 6) is 2.63. The summed E-state index contributed by atoms with van der Waals surface area (Å²) >= 11 is 2.10. The molecule has 0 spiro atoms. The van der Waals surface area contributed by atoms with Crippen molar-refractivity contribution >= 4 is 11.8 Å². The van der Waals surface area contributed by atoms with E-state index in [9.17, 15) is 0 Å². The second-order valence-corrected chi connectivity index (χ2v) is 7.26. The molecule has 1 saturated carbocycles. The fraction of sp³-hybridized carbons (Fsp3) is 0.647. The molecule has 0 radical (unpaired) electrons. The Balaban J connectivity index is 1.44. The van der Waals surface area contributed by atoms with Gasteiger partial charge < -0.3 is 5.32 Å². The molecule has 110 valence electrons. The number of nitrogens with one attached hydrogen (secondary N) is 1. The summed E-state index contributed by atoms with van der Waals surface area (Å²) in [4.78, 5) is 2.60. The van der Waals surface area contributed by atoms with E-state index in [4.69, 9.17) is 0 Å². The summed E-state index contributed by atoms with van der Waals surface area (Å²) < 4.78 is 0. The van der Waals surface area contributed by atoms with Crippen molar-refractivity contribution in [2.24, 2.45) is 0 Å². The van der Waals surface area contributed by atoms with Gasteiger partial charge in [-0.2, -0.15) is 11.8 Å². The van der Waals surface area contributed by atoms with Crippen molar-refractivity contribution < 1.29 is 0 Å². The minimum Gasteiger partial charge on any atom is -0.314 e. The summed E-state index contributed by atoms with van der Waals surface area (Å²) in [6.45, 7) is 4.77. The average molecular weight is 290 g/mol. The van der Waals surface area contributed by atoms with Crippen molar-refractivity contribution in [3.05, 3.63) is 35.4 Å². The van der Waals surface area contributed by atoms with Crippen LogP contribution in [0.25, 0.3) is 0 Å². The van der Waals surface area contributed by atoms with E-state index in [1.54, 1.807) is 0 Å². The van der Waals surface area contributed by atoms with Gasteiger partial charge in [0.2, 0.25) is 0 Å². The van der Waals surface area contributed by atoms with Crippen molar-refractivity contribution in [3.8, 4) is 0 Å². The Morgan fingerprint density at radius 3 is 2.65 bits per heavy atom. The lowest BCUT2D eigenvalue weighted by Crippen LogP contribution is -2.25. The predicted molar refractivity (Wildman–Crippen MR) is 88.4 cm³/mol. The normalized spacial score (nSPS) is 20.8. The molecule has 1 aliphatic carbocycles. The smallest absolute Gasteiger partial charge is 0.0234 e. The molecule has 2 fully saturated rings. The van der Waals surface area contributed by atoms with Gasteiger partial charge in [-0.25, -0.2) is 0 Å². The zero-order valence-electron chi connectivity index (χ0n) is 12.3. The molecule has 0 bridgehead atoms. The van der Waals surface area contributed by atoms with Crippen molar-refractivity contribution in [1.82, 2.24) is 10.2 Å². The van der Waals surface area contributed by atoms with Crippen LogP contribution in [0.3, 0.4) is 0 Å². The van der Waals surface area contributed by atoms with Crippen LogP contribution in [-0.2, 0) is 13.0 Å². The third-order valence-electron chi connectivity index (χ3n) is 4.17. The van der Waals surface area contributed by atoms with E-state index in [0.717, 1.165) is 25.6 Å². The first-order valence-corrected chi connectivity index (χ1v) is 9.17. The van der Waals surface area contributed by atoms with Gasteiger partial charge in [-0.05, 0) is 55.7 Å². The first kappa shape index (κ1) is 14.4. The minimum atomic E-state index is 0.829. The van der Waals surface area contributed by atoms with Gasteiger partial charge in [0, 0.05) is 24.9 Å². The lowest BCUT2D eigenvalue weighted by Gasteiger charge is -2.19. The Bertz CT molecular complexity index is 392. The standard InChI is InChI=1S/C17H26N2S/c1-10-19(11-13-20-12-1)14-16-4-2-15(3-5-16)8-9-18-17-6-7-17/h2-5,17-18H,1,6-14H2. The highest BCUT2D eigenvalue weighted by Gasteiger charge is 2.19. The summed E-state index contributed by atoms with van der Waals surface area (Å²) in [5, 5.41) is 3.58. The van der Waals surface area contributed by atoms with E-state index in [0.29, 0.717) is 0 Å². The molecule has 2 aliphatic rings. The van der Waals surface area contributed by atoms with Crippen LogP contribution in [0.5, 0.6) is 0 Å². The van der Waals surface area contributed by atoms with Crippen molar-refractivity contribution in [1.29, 1.82) is 0 Å². The average Bonchev–Trinajstić information content (AvgIpc) is 3.28. The van der Waals surface area contributed by atoms with E-state index in [2.05, 4.69) is 46.2 Å². The number of hydrogen-bond acceptors (Lipinski definition) is 3. The lowest BCUT2D eigenvalue weighted by molar-refractivity contribution is 0.287. The quantitative estimate of drug-likeness (QED) is 0.867. The Hall–Kier alpha value is -0.510. The third-order valence-corrected chi connectivity index (χ3v) is 5.22. The van der Waals surface area contributed by atoms with Gasteiger partial charge in [-0.15, -0.1) is 0 Å². The van der Waals surface area contributed by atoms with E-state index in [1.165, 1.54) is 55.0 Å². The molecule has 1 aromatic rings. The van der Waals surface area contributed by atoms with Crippen molar-refractivity contribution in [2.75, 3.05) is 31.1 Å². The van der Waals surface area contributed by atoms with Crippen molar-refractivity contribution in [3.63, 3.8) is 0 Å². The van der Waals surface area contributed by atoms with Crippen LogP contribution in [0, 0.1) is 0 Å². The van der Waals surface area contributed by atoms with Gasteiger partial charge in [-0.3, -0.25) is 4.90 Å². The molecule has 2 nitrogen and oxygen atoms in total. The topological polar surface area (TPSA) is 15.3 Å². The van der Waals surface area contributed by atoms with Crippen LogP contribution in [-0.4, -0.2) is 42.1 Å². The minimum absolute atomic E-state index is 0.829. The second kappa shape index (κ2) is 7.48. The van der Waals surface area contributed by atoms with Crippen LogP contribution < -0.4 is 5.32 Å². The molecular weight excluding hydrogens is 264 g/mol. The SMILES string of the molecule is c1cc(CN2CCCSCC2)ccc1CCNC1CC1. The van der Waals surface area contributed by atoms with E-state index in [-0.39, 0.29) is 0 Å². The monoisotopic (exact) mass is 290 g/mol. The molecule has 1 saturated heterocycles. The number of nitrogens with zero attached hydrogens (tertiary/aromatic N) is 1. The molecule has 1 heterocycles. The fourth-order valence-corrected chi connectivity index (χ4v) is 3.66. The maximum atomic E-state index is 3.58. The molecule has 0 aromatic heterocycles. The van der Waals surface area contributed by atoms with Gasteiger partial charge in [0.1, 0.15) is 0 Å². The number of hydrogen-bond donors (Lipinski definition) is 1. The van der Waals surface area contributed by atoms with Gasteiger partial charge >= 0.3 is 0 Å². The van der Waals surface area contributed by atoms with E-state index in [1.807, 2.05) is 0 Å². The zero-order chi connectivity index (χ0) is 13.6. The summed E-state index contributed by atoms with van der Waals surface area (Å²) in [5.41, 5.74) is 2.93. The number of benzene rings is 1. The highest BCUT2D eigenvalue weighted by Crippen LogP contribution is 2.18. The van der Waals surface area contributed by atoms with Gasteiger partial charge in [0.25, 0.3) is 0 Å². The van der Waals surface area contributed by atoms with E-state index < -0.39 is 0 Å². The predicted octanol–water partition coefficient (Wildman–Crippen LogP) is 2.92. The number of rotatable bonds is 6. The molecule has 20 heavy (non-hydrogen) atoms. The molecule has 1 N–H and O–H groups in total. The Morgan fingerprint density at radius 2 is 1.85 bits per heavy atom. The Kier molecular flexibility index (Phi) is 5.40. The maximum Gasteiger partial charge on any atom is 0.0234 e. The molecule has 1 aliphatic heterocycles. The Labute approximate surface area is 127 Å². The third kappa shape index (κ3) is 4.80. The van der Waals surface area contributed by atoms with Gasteiger partial charge in [0.05, 0.1) is 0 Å². The van der Waals surface area contributed by atoms with Crippen LogP contribution in [0.2, 0.25) is 0 Å². The van der Waals surface area contributed by atoms with Crippen LogP contribution >= 0.6 is 11.8 Å². The van der Waals surface area contributed by atoms with Crippen LogP contribution in [0.1, 0.15) is 30.4 Å². The molecule has 0 atom stereocenters. The van der Waals surface area contributed by atoms with Crippen LogP contribution in [0.15, 0.2) is 24.3 Å². The van der Waals surface area contributed by atoms with E-state index >= 15 is 0 Å². The van der Waals surface area contributed by atoms with Gasteiger partial charge in [0.15, 0.2) is 0 Å². The Morgan fingerprint density at radius 1 is 1.05 bits per heavy atom.